The number of aryl methyl sites for hydroxylation is 1. The van der Waals surface area contributed by atoms with Gasteiger partial charge in [0.25, 0.3) is 5.91 Å². The van der Waals surface area contributed by atoms with Gasteiger partial charge in [-0.25, -0.2) is 9.37 Å². The molecule has 1 aromatic carbocycles. The first kappa shape index (κ1) is 14.1. The molecule has 2 N–H and O–H groups in total. The summed E-state index contributed by atoms with van der Waals surface area (Å²) in [4.78, 5) is 19.5. The van der Waals surface area contributed by atoms with E-state index in [4.69, 9.17) is 0 Å². The van der Waals surface area contributed by atoms with E-state index in [0.29, 0.717) is 11.5 Å². The van der Waals surface area contributed by atoms with Crippen molar-refractivity contribution in [2.24, 2.45) is 7.05 Å². The van der Waals surface area contributed by atoms with Crippen LogP contribution < -0.4 is 5.32 Å². The van der Waals surface area contributed by atoms with E-state index in [1.807, 2.05) is 11.6 Å². The van der Waals surface area contributed by atoms with Crippen molar-refractivity contribution in [1.82, 2.24) is 19.9 Å². The van der Waals surface area contributed by atoms with Gasteiger partial charge in [0, 0.05) is 25.6 Å². The molecule has 0 unspecified atom stereocenters. The molecule has 0 bridgehead atoms. The average molecular weight is 298 g/mol. The third kappa shape index (κ3) is 2.76. The lowest BCUT2D eigenvalue weighted by Crippen LogP contribution is -2.31. The highest BCUT2D eigenvalue weighted by atomic mass is 19.1. The van der Waals surface area contributed by atoms with Crippen LogP contribution in [0.2, 0.25) is 0 Å². The van der Waals surface area contributed by atoms with Crippen LogP contribution in [0.25, 0.3) is 0 Å². The molecule has 0 aliphatic heterocycles. The first-order chi connectivity index (χ1) is 10.6. The van der Waals surface area contributed by atoms with Crippen molar-refractivity contribution in [1.29, 1.82) is 0 Å². The van der Waals surface area contributed by atoms with E-state index in [1.165, 1.54) is 12.1 Å². The quantitative estimate of drug-likeness (QED) is 0.777. The molecule has 112 valence electrons. The number of carbonyl (C=O) groups is 1. The number of rotatable bonds is 4. The monoisotopic (exact) mass is 298 g/mol. The molecule has 22 heavy (non-hydrogen) atoms. The number of aromatic amines is 1. The van der Waals surface area contributed by atoms with Crippen LogP contribution in [0.3, 0.4) is 0 Å². The number of hydrogen-bond acceptors (Lipinski definition) is 2. The fourth-order valence-corrected chi connectivity index (χ4v) is 2.29. The number of nitrogens with one attached hydrogen (secondary N) is 2. The van der Waals surface area contributed by atoms with Crippen LogP contribution in [0.4, 0.5) is 4.39 Å². The molecule has 6 heteroatoms. The molecule has 0 aliphatic rings. The minimum absolute atomic E-state index is 0.248. The van der Waals surface area contributed by atoms with Crippen molar-refractivity contribution in [3.63, 3.8) is 0 Å². The Morgan fingerprint density at radius 3 is 2.68 bits per heavy atom. The molecule has 1 amide bonds. The predicted octanol–water partition coefficient (Wildman–Crippen LogP) is 2.41. The standard InChI is InChI=1S/C16H15FN4O/c1-21-10-9-19-15(21)14(11-4-6-12(17)7-5-11)20-16(22)13-3-2-8-18-13/h2-10,14,18H,1H3,(H,20,22)/t14-/m0/s1. The summed E-state index contributed by atoms with van der Waals surface area (Å²) in [5.41, 5.74) is 1.22. The van der Waals surface area contributed by atoms with E-state index < -0.39 is 6.04 Å². The number of benzene rings is 1. The van der Waals surface area contributed by atoms with Gasteiger partial charge in [0.15, 0.2) is 0 Å². The van der Waals surface area contributed by atoms with Crippen LogP contribution in [0, 0.1) is 5.82 Å². The maximum Gasteiger partial charge on any atom is 0.268 e. The maximum absolute atomic E-state index is 13.1. The summed E-state index contributed by atoms with van der Waals surface area (Å²) in [6.45, 7) is 0. The van der Waals surface area contributed by atoms with Crippen molar-refractivity contribution in [3.8, 4) is 0 Å². The number of carbonyl (C=O) groups excluding carboxylic acids is 1. The molecule has 5 nitrogen and oxygen atoms in total. The molecule has 0 saturated heterocycles. The fourth-order valence-electron chi connectivity index (χ4n) is 2.29. The Balaban J connectivity index is 1.95. The highest BCUT2D eigenvalue weighted by molar-refractivity contribution is 5.92. The Labute approximate surface area is 126 Å². The smallest absolute Gasteiger partial charge is 0.268 e. The Bertz CT molecular complexity index is 762. The van der Waals surface area contributed by atoms with Crippen molar-refractivity contribution in [2.75, 3.05) is 0 Å². The molecule has 3 aromatic rings. The Morgan fingerprint density at radius 2 is 2.09 bits per heavy atom. The second kappa shape index (κ2) is 5.85. The predicted molar refractivity (Wildman–Crippen MR) is 79.7 cm³/mol. The number of H-pyrrole nitrogens is 1. The Kier molecular flexibility index (Phi) is 3.74. The van der Waals surface area contributed by atoms with E-state index in [1.54, 1.807) is 42.9 Å². The number of nitrogens with zero attached hydrogens (tertiary/aromatic N) is 2. The summed E-state index contributed by atoms with van der Waals surface area (Å²) in [7, 11) is 1.85. The van der Waals surface area contributed by atoms with E-state index in [2.05, 4.69) is 15.3 Å². The largest absolute Gasteiger partial charge is 0.357 e. The summed E-state index contributed by atoms with van der Waals surface area (Å²) in [5.74, 6) is 0.104. The zero-order valence-electron chi connectivity index (χ0n) is 12.0. The van der Waals surface area contributed by atoms with Crippen molar-refractivity contribution < 1.29 is 9.18 Å². The summed E-state index contributed by atoms with van der Waals surface area (Å²) >= 11 is 0. The van der Waals surface area contributed by atoms with Gasteiger partial charge >= 0.3 is 0 Å². The number of aromatic nitrogens is 3. The minimum atomic E-state index is -0.462. The van der Waals surface area contributed by atoms with Gasteiger partial charge in [0.1, 0.15) is 23.4 Å². The van der Waals surface area contributed by atoms with E-state index in [0.717, 1.165) is 5.56 Å². The average Bonchev–Trinajstić information content (AvgIpc) is 3.17. The molecule has 0 radical (unpaired) electrons. The topological polar surface area (TPSA) is 62.7 Å². The van der Waals surface area contributed by atoms with Crippen LogP contribution in [0.15, 0.2) is 55.0 Å². The second-order valence-electron chi connectivity index (χ2n) is 4.94. The molecule has 0 saturated carbocycles. The summed E-state index contributed by atoms with van der Waals surface area (Å²) in [6.07, 6.45) is 5.14. The van der Waals surface area contributed by atoms with Crippen molar-refractivity contribution >= 4 is 5.91 Å². The number of halogens is 1. The van der Waals surface area contributed by atoms with Gasteiger partial charge in [-0.15, -0.1) is 0 Å². The highest BCUT2D eigenvalue weighted by Gasteiger charge is 2.21. The lowest BCUT2D eigenvalue weighted by atomic mass is 10.1. The van der Waals surface area contributed by atoms with Gasteiger partial charge in [-0.2, -0.15) is 0 Å². The van der Waals surface area contributed by atoms with Gasteiger partial charge in [-0.1, -0.05) is 12.1 Å². The molecule has 2 aromatic heterocycles. The van der Waals surface area contributed by atoms with Crippen LogP contribution in [-0.4, -0.2) is 20.4 Å². The van der Waals surface area contributed by atoms with Gasteiger partial charge < -0.3 is 14.9 Å². The van der Waals surface area contributed by atoms with Crippen LogP contribution in [0.1, 0.15) is 27.9 Å². The number of amides is 1. The van der Waals surface area contributed by atoms with E-state index in [9.17, 15) is 9.18 Å². The van der Waals surface area contributed by atoms with E-state index >= 15 is 0 Å². The maximum atomic E-state index is 13.1. The summed E-state index contributed by atoms with van der Waals surface area (Å²) in [5, 5.41) is 2.92. The van der Waals surface area contributed by atoms with E-state index in [-0.39, 0.29) is 11.7 Å². The minimum Gasteiger partial charge on any atom is -0.357 e. The zero-order chi connectivity index (χ0) is 15.5. The highest BCUT2D eigenvalue weighted by Crippen LogP contribution is 2.21. The second-order valence-corrected chi connectivity index (χ2v) is 4.94. The molecule has 2 heterocycles. The molecule has 0 spiro atoms. The number of imidazole rings is 1. The third-order valence-corrected chi connectivity index (χ3v) is 3.44. The van der Waals surface area contributed by atoms with Crippen molar-refractivity contribution in [3.05, 3.63) is 77.9 Å². The van der Waals surface area contributed by atoms with Crippen LogP contribution in [0.5, 0.6) is 0 Å². The van der Waals surface area contributed by atoms with Crippen LogP contribution >= 0.6 is 0 Å². The lowest BCUT2D eigenvalue weighted by molar-refractivity contribution is 0.0936. The van der Waals surface area contributed by atoms with Gasteiger partial charge in [0.05, 0.1) is 0 Å². The first-order valence-electron chi connectivity index (χ1n) is 6.82. The molecule has 3 rings (SSSR count). The summed E-state index contributed by atoms with van der Waals surface area (Å²) in [6, 6.07) is 9.00. The normalized spacial score (nSPS) is 12.1. The third-order valence-electron chi connectivity index (χ3n) is 3.44. The Hall–Kier alpha value is -2.89. The zero-order valence-corrected chi connectivity index (χ0v) is 12.0. The SMILES string of the molecule is Cn1ccnc1[C@@H](NC(=O)c1ccc[nH]1)c1ccc(F)cc1. The first-order valence-corrected chi connectivity index (χ1v) is 6.82. The summed E-state index contributed by atoms with van der Waals surface area (Å²) < 4.78 is 15.0. The van der Waals surface area contributed by atoms with Gasteiger partial charge in [-0.3, -0.25) is 4.79 Å². The fraction of sp³-hybridized carbons (Fsp3) is 0.125. The van der Waals surface area contributed by atoms with Crippen molar-refractivity contribution in [2.45, 2.75) is 6.04 Å². The lowest BCUT2D eigenvalue weighted by Gasteiger charge is -2.19. The number of hydrogen-bond donors (Lipinski definition) is 2. The Morgan fingerprint density at radius 1 is 1.32 bits per heavy atom. The molecule has 0 aliphatic carbocycles. The molecule has 0 fully saturated rings. The molecular formula is C16H15FN4O. The molecule has 1 atom stereocenters. The van der Waals surface area contributed by atoms with Gasteiger partial charge in [-0.05, 0) is 29.8 Å². The van der Waals surface area contributed by atoms with Gasteiger partial charge in [0.2, 0.25) is 0 Å². The van der Waals surface area contributed by atoms with Crippen LogP contribution in [-0.2, 0) is 7.05 Å². The molecular weight excluding hydrogens is 283 g/mol.